The third-order valence-electron chi connectivity index (χ3n) is 2.60. The first kappa shape index (κ1) is 10.7. The first-order valence-corrected chi connectivity index (χ1v) is 5.41. The standard InChI is InChI=1S/C13H14O3/c1-2-3-9-4-5-12-11(6-9)10(8-16-12)7-13(14)15/h4-6,8H,2-3,7H2,1H3,(H,14,15). The normalized spacial score (nSPS) is 10.8. The van der Waals surface area contributed by atoms with Crippen LogP contribution in [-0.4, -0.2) is 11.1 Å². The molecule has 0 spiro atoms. The fourth-order valence-corrected chi connectivity index (χ4v) is 1.87. The summed E-state index contributed by atoms with van der Waals surface area (Å²) in [7, 11) is 0. The van der Waals surface area contributed by atoms with Crippen LogP contribution in [0.2, 0.25) is 0 Å². The summed E-state index contributed by atoms with van der Waals surface area (Å²) in [6.45, 7) is 2.12. The SMILES string of the molecule is CCCc1ccc2occ(CC(=O)O)c2c1. The number of hydrogen-bond acceptors (Lipinski definition) is 2. The van der Waals surface area contributed by atoms with Crippen LogP contribution >= 0.6 is 0 Å². The molecule has 1 heterocycles. The molecule has 1 aromatic carbocycles. The van der Waals surface area contributed by atoms with Crippen molar-refractivity contribution < 1.29 is 14.3 Å². The second kappa shape index (κ2) is 4.39. The number of carboxylic acids is 1. The molecular weight excluding hydrogens is 204 g/mol. The van der Waals surface area contributed by atoms with Gasteiger partial charge >= 0.3 is 5.97 Å². The zero-order valence-electron chi connectivity index (χ0n) is 9.19. The highest BCUT2D eigenvalue weighted by Crippen LogP contribution is 2.23. The van der Waals surface area contributed by atoms with Gasteiger partial charge in [0.05, 0.1) is 12.7 Å². The molecule has 1 N–H and O–H groups in total. The van der Waals surface area contributed by atoms with E-state index in [1.165, 1.54) is 11.8 Å². The fourth-order valence-electron chi connectivity index (χ4n) is 1.87. The summed E-state index contributed by atoms with van der Waals surface area (Å²) < 4.78 is 5.32. The second-order valence-electron chi connectivity index (χ2n) is 3.91. The highest BCUT2D eigenvalue weighted by Gasteiger charge is 2.09. The number of carbonyl (C=O) groups is 1. The summed E-state index contributed by atoms with van der Waals surface area (Å²) in [5.41, 5.74) is 2.74. The minimum atomic E-state index is -0.830. The van der Waals surface area contributed by atoms with Crippen LogP contribution in [0.3, 0.4) is 0 Å². The second-order valence-corrected chi connectivity index (χ2v) is 3.91. The van der Waals surface area contributed by atoms with Crippen LogP contribution in [0, 0.1) is 0 Å². The van der Waals surface area contributed by atoms with Gasteiger partial charge in [-0.1, -0.05) is 19.4 Å². The van der Waals surface area contributed by atoms with Crippen molar-refractivity contribution in [2.24, 2.45) is 0 Å². The van der Waals surface area contributed by atoms with Gasteiger partial charge in [-0.05, 0) is 24.1 Å². The van der Waals surface area contributed by atoms with Gasteiger partial charge in [0.1, 0.15) is 5.58 Å². The number of aryl methyl sites for hydroxylation is 1. The number of benzene rings is 1. The van der Waals surface area contributed by atoms with E-state index >= 15 is 0 Å². The maximum absolute atomic E-state index is 10.7. The van der Waals surface area contributed by atoms with Gasteiger partial charge in [-0.15, -0.1) is 0 Å². The molecule has 3 heteroatoms. The molecule has 0 radical (unpaired) electrons. The molecule has 0 aliphatic rings. The minimum absolute atomic E-state index is 0.0164. The summed E-state index contributed by atoms with van der Waals surface area (Å²) >= 11 is 0. The molecule has 0 aliphatic heterocycles. The molecule has 0 bridgehead atoms. The zero-order valence-corrected chi connectivity index (χ0v) is 9.19. The van der Waals surface area contributed by atoms with Crippen LogP contribution in [0.15, 0.2) is 28.9 Å². The molecule has 0 fully saturated rings. The van der Waals surface area contributed by atoms with Gasteiger partial charge in [0, 0.05) is 10.9 Å². The van der Waals surface area contributed by atoms with Gasteiger partial charge in [-0.2, -0.15) is 0 Å². The van der Waals surface area contributed by atoms with E-state index in [4.69, 9.17) is 9.52 Å². The summed E-state index contributed by atoms with van der Waals surface area (Å²) in [6.07, 6.45) is 3.64. The van der Waals surface area contributed by atoms with Crippen molar-refractivity contribution in [2.45, 2.75) is 26.2 Å². The van der Waals surface area contributed by atoms with Crippen LogP contribution in [0.4, 0.5) is 0 Å². The Bertz CT molecular complexity index is 511. The Morgan fingerprint density at radius 3 is 2.94 bits per heavy atom. The predicted octanol–water partition coefficient (Wildman–Crippen LogP) is 3.01. The third-order valence-corrected chi connectivity index (χ3v) is 2.60. The third kappa shape index (κ3) is 2.08. The lowest BCUT2D eigenvalue weighted by Crippen LogP contribution is -1.98. The number of fused-ring (bicyclic) bond motifs is 1. The number of hydrogen-bond donors (Lipinski definition) is 1. The van der Waals surface area contributed by atoms with Gasteiger partial charge < -0.3 is 9.52 Å². The lowest BCUT2D eigenvalue weighted by atomic mass is 10.0. The lowest BCUT2D eigenvalue weighted by Gasteiger charge is -1.99. The molecule has 1 aromatic heterocycles. The molecule has 0 saturated heterocycles. The summed E-state index contributed by atoms with van der Waals surface area (Å²) in [5.74, 6) is -0.830. The van der Waals surface area contributed by atoms with Crippen molar-refractivity contribution >= 4 is 16.9 Å². The molecule has 0 unspecified atom stereocenters. The topological polar surface area (TPSA) is 50.4 Å². The van der Waals surface area contributed by atoms with Crippen LogP contribution in [0.25, 0.3) is 11.0 Å². The molecule has 16 heavy (non-hydrogen) atoms. The fraction of sp³-hybridized carbons (Fsp3) is 0.308. The van der Waals surface area contributed by atoms with E-state index in [1.54, 1.807) is 0 Å². The molecule has 2 rings (SSSR count). The predicted molar refractivity (Wildman–Crippen MR) is 61.5 cm³/mol. The number of aliphatic carboxylic acids is 1. The van der Waals surface area contributed by atoms with Gasteiger partial charge in [-0.3, -0.25) is 4.79 Å². The van der Waals surface area contributed by atoms with E-state index in [2.05, 4.69) is 6.92 Å². The first-order valence-electron chi connectivity index (χ1n) is 5.41. The van der Waals surface area contributed by atoms with E-state index in [-0.39, 0.29) is 6.42 Å². The Labute approximate surface area is 93.7 Å². The molecule has 0 amide bonds. The molecule has 3 nitrogen and oxygen atoms in total. The number of furan rings is 1. The van der Waals surface area contributed by atoms with Crippen molar-refractivity contribution in [1.82, 2.24) is 0 Å². The van der Waals surface area contributed by atoms with Gasteiger partial charge in [0.15, 0.2) is 0 Å². The van der Waals surface area contributed by atoms with Crippen LogP contribution < -0.4 is 0 Å². The lowest BCUT2D eigenvalue weighted by molar-refractivity contribution is -0.136. The Hall–Kier alpha value is -1.77. The zero-order chi connectivity index (χ0) is 11.5. The molecular formula is C13H14O3. The summed E-state index contributed by atoms with van der Waals surface area (Å²) in [5, 5.41) is 9.70. The molecule has 0 aliphatic carbocycles. The van der Waals surface area contributed by atoms with E-state index < -0.39 is 5.97 Å². The molecule has 2 aromatic rings. The van der Waals surface area contributed by atoms with Gasteiger partial charge in [-0.25, -0.2) is 0 Å². The van der Waals surface area contributed by atoms with Crippen LogP contribution in [0.1, 0.15) is 24.5 Å². The molecule has 84 valence electrons. The van der Waals surface area contributed by atoms with Crippen LogP contribution in [0.5, 0.6) is 0 Å². The Balaban J connectivity index is 2.42. The van der Waals surface area contributed by atoms with Crippen molar-refractivity contribution in [1.29, 1.82) is 0 Å². The molecule has 0 atom stereocenters. The maximum atomic E-state index is 10.7. The Kier molecular flexibility index (Phi) is 2.95. The monoisotopic (exact) mass is 218 g/mol. The van der Waals surface area contributed by atoms with Crippen molar-refractivity contribution in [3.05, 3.63) is 35.6 Å². The van der Waals surface area contributed by atoms with Crippen molar-refractivity contribution in [2.75, 3.05) is 0 Å². The maximum Gasteiger partial charge on any atom is 0.307 e. The van der Waals surface area contributed by atoms with E-state index in [1.807, 2.05) is 18.2 Å². The van der Waals surface area contributed by atoms with Gasteiger partial charge in [0.25, 0.3) is 0 Å². The Morgan fingerprint density at radius 1 is 1.44 bits per heavy atom. The minimum Gasteiger partial charge on any atom is -0.481 e. The average Bonchev–Trinajstić information content (AvgIpc) is 2.61. The van der Waals surface area contributed by atoms with E-state index in [0.717, 1.165) is 29.4 Å². The van der Waals surface area contributed by atoms with E-state index in [0.29, 0.717) is 0 Å². The van der Waals surface area contributed by atoms with Crippen LogP contribution in [-0.2, 0) is 17.6 Å². The van der Waals surface area contributed by atoms with Gasteiger partial charge in [0.2, 0.25) is 0 Å². The Morgan fingerprint density at radius 2 is 2.25 bits per heavy atom. The first-order chi connectivity index (χ1) is 7.70. The highest BCUT2D eigenvalue weighted by atomic mass is 16.4. The number of carboxylic acid groups (broad SMARTS) is 1. The van der Waals surface area contributed by atoms with E-state index in [9.17, 15) is 4.79 Å². The highest BCUT2D eigenvalue weighted by molar-refractivity contribution is 5.85. The van der Waals surface area contributed by atoms with Crippen molar-refractivity contribution in [3.63, 3.8) is 0 Å². The summed E-state index contributed by atoms with van der Waals surface area (Å²) in [4.78, 5) is 10.7. The quantitative estimate of drug-likeness (QED) is 0.858. The van der Waals surface area contributed by atoms with Crippen molar-refractivity contribution in [3.8, 4) is 0 Å². The smallest absolute Gasteiger partial charge is 0.307 e. The largest absolute Gasteiger partial charge is 0.481 e. The molecule has 0 saturated carbocycles. The summed E-state index contributed by atoms with van der Waals surface area (Å²) in [6, 6.07) is 5.96. The number of rotatable bonds is 4. The average molecular weight is 218 g/mol.